The molecule has 0 heterocycles. The van der Waals surface area contributed by atoms with Gasteiger partial charge in [-0.3, -0.25) is 4.79 Å². The van der Waals surface area contributed by atoms with Gasteiger partial charge in [-0.2, -0.15) is 0 Å². The van der Waals surface area contributed by atoms with E-state index in [4.69, 9.17) is 10.5 Å². The molecule has 0 spiro atoms. The summed E-state index contributed by atoms with van der Waals surface area (Å²) in [6, 6.07) is 9.88. The van der Waals surface area contributed by atoms with Gasteiger partial charge in [0.1, 0.15) is 5.75 Å². The molecule has 0 fully saturated rings. The third-order valence-corrected chi connectivity index (χ3v) is 4.37. The number of amides is 1. The molecule has 0 aliphatic rings. The minimum atomic E-state index is -0.427. The quantitative estimate of drug-likeness (QED) is 0.719. The molecule has 0 aliphatic carbocycles. The average molecular weight is 380 g/mol. The molecule has 2 aromatic carbocycles. The van der Waals surface area contributed by atoms with E-state index < -0.39 is 11.8 Å². The molecule has 0 aliphatic heterocycles. The molecule has 1 atom stereocenters. The molecule has 0 saturated heterocycles. The fraction of sp³-hybridized carbons (Fsp3) is 0.235. The lowest BCUT2D eigenvalue weighted by molar-refractivity contribution is -0.121. The van der Waals surface area contributed by atoms with Crippen molar-refractivity contribution in [3.63, 3.8) is 0 Å². The van der Waals surface area contributed by atoms with Crippen molar-refractivity contribution in [2.45, 2.75) is 12.8 Å². The molecule has 5 nitrogen and oxygen atoms in total. The highest BCUT2D eigenvalue weighted by Gasteiger charge is 2.19. The van der Waals surface area contributed by atoms with E-state index in [1.165, 1.54) is 7.11 Å². The maximum absolute atomic E-state index is 11.8. The predicted octanol–water partition coefficient (Wildman–Crippen LogP) is 2.76. The number of phenols is 2. The zero-order valence-corrected chi connectivity index (χ0v) is 14.2. The first-order chi connectivity index (χ1) is 10.9. The molecule has 0 radical (unpaired) electrons. The van der Waals surface area contributed by atoms with Gasteiger partial charge in [0.25, 0.3) is 0 Å². The standard InChI is InChI=1S/C17H18BrNO4/c1-23-16-9-14(18)11(8-15(16)21)7-12(17(19)22)6-10-2-4-13(20)5-3-10/h2-5,8-9,12,20-21H,6-7H2,1H3,(H2,19,22). The van der Waals surface area contributed by atoms with Crippen LogP contribution in [0.4, 0.5) is 0 Å². The summed E-state index contributed by atoms with van der Waals surface area (Å²) in [6.07, 6.45) is 0.836. The van der Waals surface area contributed by atoms with Gasteiger partial charge in [-0.1, -0.05) is 28.1 Å². The Kier molecular flexibility index (Phi) is 5.50. The van der Waals surface area contributed by atoms with E-state index in [1.54, 1.807) is 36.4 Å². The molecule has 23 heavy (non-hydrogen) atoms. The molecule has 1 unspecified atom stereocenters. The monoisotopic (exact) mass is 379 g/mol. The number of hydrogen-bond acceptors (Lipinski definition) is 4. The van der Waals surface area contributed by atoms with Crippen LogP contribution >= 0.6 is 15.9 Å². The van der Waals surface area contributed by atoms with E-state index in [9.17, 15) is 15.0 Å². The SMILES string of the molecule is COc1cc(Br)c(CC(Cc2ccc(O)cc2)C(N)=O)cc1O. The minimum Gasteiger partial charge on any atom is -0.508 e. The molecular formula is C17H18BrNO4. The van der Waals surface area contributed by atoms with Crippen molar-refractivity contribution >= 4 is 21.8 Å². The van der Waals surface area contributed by atoms with Crippen molar-refractivity contribution in [2.24, 2.45) is 11.7 Å². The van der Waals surface area contributed by atoms with Gasteiger partial charge in [-0.05, 0) is 48.2 Å². The van der Waals surface area contributed by atoms with E-state index in [0.717, 1.165) is 15.6 Å². The van der Waals surface area contributed by atoms with Gasteiger partial charge < -0.3 is 20.7 Å². The highest BCUT2D eigenvalue weighted by Crippen LogP contribution is 2.34. The fourth-order valence-electron chi connectivity index (χ4n) is 2.36. The number of hydrogen-bond donors (Lipinski definition) is 3. The number of rotatable bonds is 6. The summed E-state index contributed by atoms with van der Waals surface area (Å²) in [7, 11) is 1.47. The van der Waals surface area contributed by atoms with E-state index in [1.807, 2.05) is 0 Å². The summed E-state index contributed by atoms with van der Waals surface area (Å²) < 4.78 is 5.78. The number of nitrogens with two attached hydrogens (primary N) is 1. The van der Waals surface area contributed by atoms with Crippen molar-refractivity contribution in [2.75, 3.05) is 7.11 Å². The number of carbonyl (C=O) groups is 1. The largest absolute Gasteiger partial charge is 0.508 e. The smallest absolute Gasteiger partial charge is 0.221 e. The van der Waals surface area contributed by atoms with Gasteiger partial charge in [0.05, 0.1) is 7.11 Å². The number of methoxy groups -OCH3 is 1. The first-order valence-corrected chi connectivity index (χ1v) is 7.82. The summed E-state index contributed by atoms with van der Waals surface area (Å²) in [6.45, 7) is 0. The highest BCUT2D eigenvalue weighted by molar-refractivity contribution is 9.10. The normalized spacial score (nSPS) is 11.9. The van der Waals surface area contributed by atoms with Gasteiger partial charge in [0, 0.05) is 10.4 Å². The summed E-state index contributed by atoms with van der Waals surface area (Å²) in [5.41, 5.74) is 7.19. The minimum absolute atomic E-state index is 0.0125. The molecule has 2 rings (SSSR count). The molecule has 2 aromatic rings. The number of aromatic hydroxyl groups is 2. The topological polar surface area (TPSA) is 92.8 Å². The van der Waals surface area contributed by atoms with Crippen LogP contribution in [0.25, 0.3) is 0 Å². The number of halogens is 1. The van der Waals surface area contributed by atoms with Gasteiger partial charge in [-0.25, -0.2) is 0 Å². The van der Waals surface area contributed by atoms with Crippen molar-refractivity contribution < 1.29 is 19.7 Å². The Morgan fingerprint density at radius 1 is 1.22 bits per heavy atom. The van der Waals surface area contributed by atoms with Crippen molar-refractivity contribution in [3.05, 3.63) is 52.0 Å². The fourth-order valence-corrected chi connectivity index (χ4v) is 2.85. The molecular weight excluding hydrogens is 362 g/mol. The molecule has 0 aromatic heterocycles. The number of benzene rings is 2. The average Bonchev–Trinajstić information content (AvgIpc) is 2.51. The second kappa shape index (κ2) is 7.37. The van der Waals surface area contributed by atoms with Crippen LogP contribution in [-0.2, 0) is 17.6 Å². The van der Waals surface area contributed by atoms with Gasteiger partial charge in [0.15, 0.2) is 11.5 Å². The Labute approximate surface area is 142 Å². The Morgan fingerprint density at radius 3 is 2.43 bits per heavy atom. The molecule has 6 heteroatoms. The van der Waals surface area contributed by atoms with Crippen molar-refractivity contribution in [1.82, 2.24) is 0 Å². The van der Waals surface area contributed by atoms with E-state index in [-0.39, 0.29) is 11.5 Å². The zero-order valence-electron chi connectivity index (χ0n) is 12.6. The van der Waals surface area contributed by atoms with Crippen LogP contribution in [0, 0.1) is 5.92 Å². The molecule has 0 saturated carbocycles. The van der Waals surface area contributed by atoms with E-state index >= 15 is 0 Å². The lowest BCUT2D eigenvalue weighted by Crippen LogP contribution is -2.27. The first kappa shape index (κ1) is 17.1. The second-order valence-electron chi connectivity index (χ2n) is 5.29. The highest BCUT2D eigenvalue weighted by atomic mass is 79.9. The number of phenolic OH excluding ortho intramolecular Hbond substituents is 2. The maximum atomic E-state index is 11.8. The van der Waals surface area contributed by atoms with Gasteiger partial charge >= 0.3 is 0 Å². The van der Waals surface area contributed by atoms with Crippen molar-refractivity contribution in [1.29, 1.82) is 0 Å². The summed E-state index contributed by atoms with van der Waals surface area (Å²) in [5, 5.41) is 19.2. The Balaban J connectivity index is 2.21. The van der Waals surface area contributed by atoms with E-state index in [2.05, 4.69) is 15.9 Å². The molecule has 122 valence electrons. The maximum Gasteiger partial charge on any atom is 0.221 e. The summed E-state index contributed by atoms with van der Waals surface area (Å²) in [4.78, 5) is 11.8. The zero-order chi connectivity index (χ0) is 17.0. The molecule has 4 N–H and O–H groups in total. The van der Waals surface area contributed by atoms with Gasteiger partial charge in [0.2, 0.25) is 5.91 Å². The number of carbonyl (C=O) groups excluding carboxylic acids is 1. The Hall–Kier alpha value is -2.21. The Bertz CT molecular complexity index is 700. The van der Waals surface area contributed by atoms with Crippen LogP contribution in [0.3, 0.4) is 0 Å². The summed E-state index contributed by atoms with van der Waals surface area (Å²) >= 11 is 3.42. The Morgan fingerprint density at radius 2 is 1.87 bits per heavy atom. The predicted molar refractivity (Wildman–Crippen MR) is 90.6 cm³/mol. The van der Waals surface area contributed by atoms with Crippen LogP contribution in [0.5, 0.6) is 17.2 Å². The van der Waals surface area contributed by atoms with Crippen LogP contribution in [-0.4, -0.2) is 23.2 Å². The van der Waals surface area contributed by atoms with Crippen LogP contribution < -0.4 is 10.5 Å². The lowest BCUT2D eigenvalue weighted by Gasteiger charge is -2.16. The van der Waals surface area contributed by atoms with Crippen LogP contribution in [0.15, 0.2) is 40.9 Å². The summed E-state index contributed by atoms with van der Waals surface area (Å²) in [5.74, 6) is -0.301. The third kappa shape index (κ3) is 4.39. The van der Waals surface area contributed by atoms with Crippen molar-refractivity contribution in [3.8, 4) is 17.2 Å². The molecule has 0 bridgehead atoms. The van der Waals surface area contributed by atoms with Gasteiger partial charge in [-0.15, -0.1) is 0 Å². The third-order valence-electron chi connectivity index (χ3n) is 3.64. The lowest BCUT2D eigenvalue weighted by atomic mass is 9.92. The number of ether oxygens (including phenoxy) is 1. The van der Waals surface area contributed by atoms with Crippen LogP contribution in [0.1, 0.15) is 11.1 Å². The second-order valence-corrected chi connectivity index (χ2v) is 6.14. The van der Waals surface area contributed by atoms with E-state index in [0.29, 0.717) is 18.6 Å². The van der Waals surface area contributed by atoms with Crippen LogP contribution in [0.2, 0.25) is 0 Å². The first-order valence-electron chi connectivity index (χ1n) is 7.03. The number of primary amides is 1. The molecule has 1 amide bonds.